The van der Waals surface area contributed by atoms with E-state index in [2.05, 4.69) is 32.4 Å². The first-order valence-corrected chi connectivity index (χ1v) is 12.9. The van der Waals surface area contributed by atoms with E-state index in [1.807, 2.05) is 43.6 Å². The fraction of sp³-hybridized carbons (Fsp3) is 0.630. The summed E-state index contributed by atoms with van der Waals surface area (Å²) < 4.78 is 11.0. The van der Waals surface area contributed by atoms with Crippen molar-refractivity contribution in [3.8, 4) is 5.75 Å². The first-order valence-electron chi connectivity index (χ1n) is 12.9. The van der Waals surface area contributed by atoms with Crippen LogP contribution >= 0.6 is 0 Å². The van der Waals surface area contributed by atoms with Gasteiger partial charge in [0.25, 0.3) is 0 Å². The molecule has 1 aromatic heterocycles. The van der Waals surface area contributed by atoms with Crippen LogP contribution in [0.5, 0.6) is 5.75 Å². The highest BCUT2D eigenvalue weighted by molar-refractivity contribution is 5.76. The molecule has 0 bridgehead atoms. The van der Waals surface area contributed by atoms with Gasteiger partial charge >= 0.3 is 0 Å². The first kappa shape index (κ1) is 27.2. The smallest absolute Gasteiger partial charge is 0.226 e. The van der Waals surface area contributed by atoms with Gasteiger partial charge in [0.15, 0.2) is 0 Å². The number of likely N-dealkylation sites (N-methyl/N-ethyl adjacent to an activating group) is 2. The van der Waals surface area contributed by atoms with E-state index in [1.54, 1.807) is 7.11 Å². The summed E-state index contributed by atoms with van der Waals surface area (Å²) >= 11 is 0. The number of aromatic amines is 1. The lowest BCUT2D eigenvalue weighted by Crippen LogP contribution is -2.43. The Hall–Kier alpha value is -2.42. The van der Waals surface area contributed by atoms with Crippen LogP contribution in [0.2, 0.25) is 0 Å². The molecular weight excluding hydrogens is 442 g/mol. The van der Waals surface area contributed by atoms with Gasteiger partial charge in [0.2, 0.25) is 5.91 Å². The van der Waals surface area contributed by atoms with Crippen LogP contribution in [0.1, 0.15) is 55.7 Å². The van der Waals surface area contributed by atoms with Crippen molar-refractivity contribution in [2.45, 2.75) is 57.0 Å². The summed E-state index contributed by atoms with van der Waals surface area (Å²) in [6, 6.07) is 9.96. The molecule has 1 fully saturated rings. The second-order valence-electron chi connectivity index (χ2n) is 9.49. The number of H-pyrrole nitrogens is 1. The van der Waals surface area contributed by atoms with Crippen LogP contribution < -0.4 is 10.1 Å². The van der Waals surface area contributed by atoms with Crippen molar-refractivity contribution >= 4 is 5.91 Å². The van der Waals surface area contributed by atoms with Crippen molar-refractivity contribution in [1.29, 1.82) is 0 Å². The first-order chi connectivity index (χ1) is 17.1. The minimum Gasteiger partial charge on any atom is -0.493 e. The zero-order valence-corrected chi connectivity index (χ0v) is 21.7. The molecule has 0 spiro atoms. The maximum absolute atomic E-state index is 13.2. The number of benzene rings is 1. The van der Waals surface area contributed by atoms with Gasteiger partial charge in [0, 0.05) is 63.6 Å². The number of carbonyl (C=O) groups is 1. The van der Waals surface area contributed by atoms with Crippen LogP contribution in [0.3, 0.4) is 0 Å². The zero-order chi connectivity index (χ0) is 24.9. The highest BCUT2D eigenvalue weighted by Crippen LogP contribution is 2.36. The normalized spacial score (nSPS) is 18.1. The van der Waals surface area contributed by atoms with Gasteiger partial charge < -0.3 is 24.6 Å². The fourth-order valence-corrected chi connectivity index (χ4v) is 4.95. The molecule has 3 rings (SSSR count). The van der Waals surface area contributed by atoms with Gasteiger partial charge in [-0.25, -0.2) is 0 Å². The van der Waals surface area contributed by atoms with E-state index < -0.39 is 0 Å². The number of carbonyl (C=O) groups excluding carboxylic acids is 1. The highest BCUT2D eigenvalue weighted by Gasteiger charge is 2.31. The summed E-state index contributed by atoms with van der Waals surface area (Å²) in [5, 5.41) is 10.9. The van der Waals surface area contributed by atoms with Crippen LogP contribution in [0.15, 0.2) is 36.5 Å². The van der Waals surface area contributed by atoms with Crippen molar-refractivity contribution in [1.82, 2.24) is 25.3 Å². The molecule has 0 unspecified atom stereocenters. The second kappa shape index (κ2) is 14.9. The van der Waals surface area contributed by atoms with E-state index >= 15 is 0 Å². The molecule has 1 heterocycles. The Kier molecular flexibility index (Phi) is 11.5. The maximum atomic E-state index is 13.2. The quantitative estimate of drug-likeness (QED) is 0.376. The lowest BCUT2D eigenvalue weighted by atomic mass is 9.82. The third-order valence-electron chi connectivity index (χ3n) is 6.86. The molecule has 194 valence electrons. The van der Waals surface area contributed by atoms with Gasteiger partial charge in [-0.15, -0.1) is 0 Å². The standard InChI is InChI=1S/C27H43N5O3/c1-28-15-17-31(2)21-23-20-29-30-27(23)22-10-12-24(13-11-22)32(16-7-18-34-3)26(33)14-19-35-25-8-5-4-6-9-25/h4-6,8-9,20,22,24,28H,7,10-19,21H2,1-3H3,(H,29,30)/t22-,24-. The van der Waals surface area contributed by atoms with Crippen molar-refractivity contribution in [2.75, 3.05) is 54.1 Å². The topological polar surface area (TPSA) is 82.7 Å². The van der Waals surface area contributed by atoms with Crippen LogP contribution in [0.25, 0.3) is 0 Å². The highest BCUT2D eigenvalue weighted by atomic mass is 16.5. The fourth-order valence-electron chi connectivity index (χ4n) is 4.95. The lowest BCUT2D eigenvalue weighted by Gasteiger charge is -2.37. The van der Waals surface area contributed by atoms with Crippen LogP contribution in [-0.2, 0) is 16.1 Å². The van der Waals surface area contributed by atoms with E-state index in [1.165, 1.54) is 11.3 Å². The summed E-state index contributed by atoms with van der Waals surface area (Å²) in [5.41, 5.74) is 2.49. The number of para-hydroxylation sites is 1. The van der Waals surface area contributed by atoms with Crippen molar-refractivity contribution in [3.63, 3.8) is 0 Å². The SMILES string of the molecule is CNCCN(C)Cc1c[nH]nc1[C@H]1CC[C@H](N(CCCOC)C(=O)CCOc2ccccc2)CC1. The summed E-state index contributed by atoms with van der Waals surface area (Å²) in [6.45, 7) is 4.67. The van der Waals surface area contributed by atoms with Gasteiger partial charge in [0.05, 0.1) is 18.7 Å². The minimum atomic E-state index is 0.173. The molecule has 0 aliphatic heterocycles. The lowest BCUT2D eigenvalue weighted by molar-refractivity contribution is -0.135. The van der Waals surface area contributed by atoms with Crippen LogP contribution in [-0.4, -0.2) is 86.0 Å². The molecule has 1 aliphatic rings. The third kappa shape index (κ3) is 8.63. The predicted molar refractivity (Wildman–Crippen MR) is 139 cm³/mol. The number of hydrogen-bond acceptors (Lipinski definition) is 6. The minimum absolute atomic E-state index is 0.173. The molecule has 1 aliphatic carbocycles. The van der Waals surface area contributed by atoms with Gasteiger partial charge in [-0.2, -0.15) is 5.10 Å². The molecule has 0 atom stereocenters. The number of methoxy groups -OCH3 is 1. The molecule has 8 nitrogen and oxygen atoms in total. The van der Waals surface area contributed by atoms with Crippen molar-refractivity contribution in [2.24, 2.45) is 0 Å². The predicted octanol–water partition coefficient (Wildman–Crippen LogP) is 3.42. The van der Waals surface area contributed by atoms with Crippen molar-refractivity contribution < 1.29 is 14.3 Å². The molecule has 2 aromatic rings. The Balaban J connectivity index is 1.53. The third-order valence-corrected chi connectivity index (χ3v) is 6.86. The summed E-state index contributed by atoms with van der Waals surface area (Å²) in [5.74, 6) is 1.42. The average Bonchev–Trinajstić information content (AvgIpc) is 3.34. The average molecular weight is 486 g/mol. The molecular formula is C27H43N5O3. The molecule has 1 saturated carbocycles. The van der Waals surface area contributed by atoms with Gasteiger partial charge in [-0.05, 0) is 58.3 Å². The number of hydrogen-bond donors (Lipinski definition) is 2. The second-order valence-corrected chi connectivity index (χ2v) is 9.49. The van der Waals surface area contributed by atoms with E-state index in [9.17, 15) is 4.79 Å². The number of rotatable bonds is 15. The van der Waals surface area contributed by atoms with Crippen molar-refractivity contribution in [3.05, 3.63) is 47.8 Å². The molecule has 35 heavy (non-hydrogen) atoms. The van der Waals surface area contributed by atoms with Gasteiger partial charge in [-0.1, -0.05) is 18.2 Å². The number of amides is 1. The number of nitrogens with zero attached hydrogens (tertiary/aromatic N) is 3. The molecule has 1 amide bonds. The zero-order valence-electron chi connectivity index (χ0n) is 21.7. The Morgan fingerprint density at radius 2 is 1.91 bits per heavy atom. The summed E-state index contributed by atoms with van der Waals surface area (Å²) in [6.07, 6.45) is 7.41. The number of aromatic nitrogens is 2. The van der Waals surface area contributed by atoms with Gasteiger partial charge in [0.1, 0.15) is 5.75 Å². The van der Waals surface area contributed by atoms with Crippen LogP contribution in [0, 0.1) is 0 Å². The molecule has 2 N–H and O–H groups in total. The van der Waals surface area contributed by atoms with Gasteiger partial charge in [-0.3, -0.25) is 9.89 Å². The molecule has 0 radical (unpaired) electrons. The summed E-state index contributed by atoms with van der Waals surface area (Å²) in [7, 11) is 5.84. The maximum Gasteiger partial charge on any atom is 0.226 e. The Morgan fingerprint density at radius 3 is 2.63 bits per heavy atom. The Labute approximate surface area is 210 Å². The molecule has 0 saturated heterocycles. The largest absolute Gasteiger partial charge is 0.493 e. The van der Waals surface area contributed by atoms with E-state index in [0.29, 0.717) is 25.6 Å². The number of nitrogens with one attached hydrogen (secondary N) is 2. The van der Waals surface area contributed by atoms with E-state index in [0.717, 1.165) is 64.0 Å². The monoisotopic (exact) mass is 485 g/mol. The molecule has 8 heteroatoms. The molecule has 1 aromatic carbocycles. The Bertz CT molecular complexity index is 852. The van der Waals surface area contributed by atoms with E-state index in [4.69, 9.17) is 9.47 Å². The van der Waals surface area contributed by atoms with Crippen LogP contribution in [0.4, 0.5) is 0 Å². The Morgan fingerprint density at radius 1 is 1.14 bits per heavy atom. The summed E-state index contributed by atoms with van der Waals surface area (Å²) in [4.78, 5) is 17.6. The van der Waals surface area contributed by atoms with E-state index in [-0.39, 0.29) is 11.9 Å². The number of ether oxygens (including phenoxy) is 2.